The van der Waals surface area contributed by atoms with Crippen LogP contribution in [0.15, 0.2) is 72.0 Å². The number of benzene rings is 2. The molecule has 1 aliphatic heterocycles. The van der Waals surface area contributed by atoms with Crippen molar-refractivity contribution in [2.45, 2.75) is 26.3 Å². The van der Waals surface area contributed by atoms with E-state index in [1.807, 2.05) is 31.3 Å². The van der Waals surface area contributed by atoms with Crippen molar-refractivity contribution in [2.24, 2.45) is 5.10 Å². The highest BCUT2D eigenvalue weighted by molar-refractivity contribution is 6.30. The molecule has 3 aromatic rings. The third-order valence-corrected chi connectivity index (χ3v) is 4.96. The summed E-state index contributed by atoms with van der Waals surface area (Å²) in [7, 11) is 0. The lowest BCUT2D eigenvalue weighted by molar-refractivity contribution is 0.709. The molecule has 2 aromatic carbocycles. The molecule has 0 radical (unpaired) electrons. The summed E-state index contributed by atoms with van der Waals surface area (Å²) in [6.07, 6.45) is 2.74. The Labute approximate surface area is 159 Å². The molecule has 1 aliphatic rings. The van der Waals surface area contributed by atoms with E-state index in [0.717, 1.165) is 34.1 Å². The van der Waals surface area contributed by atoms with E-state index in [9.17, 15) is 0 Å². The molecule has 0 N–H and O–H groups in total. The van der Waals surface area contributed by atoms with Crippen LogP contribution in [0.25, 0.3) is 0 Å². The van der Waals surface area contributed by atoms with Crippen molar-refractivity contribution in [1.29, 1.82) is 0 Å². The Kier molecular flexibility index (Phi) is 4.48. The first kappa shape index (κ1) is 16.8. The van der Waals surface area contributed by atoms with E-state index in [1.165, 1.54) is 11.1 Å². The Hall–Kier alpha value is -2.65. The number of halogens is 1. The summed E-state index contributed by atoms with van der Waals surface area (Å²) in [5.74, 6) is 0. The summed E-state index contributed by atoms with van der Waals surface area (Å²) in [6.45, 7) is 4.09. The number of aryl methyl sites for hydroxylation is 2. The van der Waals surface area contributed by atoms with Gasteiger partial charge >= 0.3 is 0 Å². The number of aromatic nitrogens is 1. The van der Waals surface area contributed by atoms with Gasteiger partial charge in [-0.1, -0.05) is 41.4 Å². The van der Waals surface area contributed by atoms with Crippen LogP contribution in [0.2, 0.25) is 5.02 Å². The van der Waals surface area contributed by atoms with Crippen LogP contribution in [0.1, 0.15) is 34.8 Å². The van der Waals surface area contributed by atoms with E-state index in [-0.39, 0.29) is 6.04 Å². The summed E-state index contributed by atoms with van der Waals surface area (Å²) in [4.78, 5) is 4.43. The summed E-state index contributed by atoms with van der Waals surface area (Å²) < 4.78 is 0. The molecule has 4 rings (SSSR count). The predicted octanol–water partition coefficient (Wildman–Crippen LogP) is 5.71. The number of nitrogens with zero attached hydrogens (tertiary/aromatic N) is 3. The molecule has 2 heterocycles. The Morgan fingerprint density at radius 1 is 0.923 bits per heavy atom. The highest BCUT2D eigenvalue weighted by Gasteiger charge is 2.30. The summed E-state index contributed by atoms with van der Waals surface area (Å²) in [5, 5.41) is 7.80. The summed E-state index contributed by atoms with van der Waals surface area (Å²) >= 11 is 6.08. The zero-order valence-electron chi connectivity index (χ0n) is 14.9. The lowest BCUT2D eigenvalue weighted by atomic mass is 9.99. The van der Waals surface area contributed by atoms with Crippen LogP contribution in [0.3, 0.4) is 0 Å². The first-order chi connectivity index (χ1) is 12.6. The van der Waals surface area contributed by atoms with Crippen molar-refractivity contribution in [3.05, 3.63) is 94.3 Å². The molecule has 0 spiro atoms. The highest BCUT2D eigenvalue weighted by Crippen LogP contribution is 2.37. The maximum absolute atomic E-state index is 6.08. The van der Waals surface area contributed by atoms with Gasteiger partial charge in [0, 0.05) is 28.9 Å². The van der Waals surface area contributed by atoms with Crippen molar-refractivity contribution in [1.82, 2.24) is 4.98 Å². The molecule has 0 aliphatic carbocycles. The Morgan fingerprint density at radius 2 is 1.65 bits per heavy atom. The van der Waals surface area contributed by atoms with E-state index in [4.69, 9.17) is 16.7 Å². The van der Waals surface area contributed by atoms with Crippen LogP contribution in [-0.4, -0.2) is 10.7 Å². The highest BCUT2D eigenvalue weighted by atomic mass is 35.5. The lowest BCUT2D eigenvalue weighted by Gasteiger charge is -2.24. The second-order valence-electron chi connectivity index (χ2n) is 6.69. The molecule has 26 heavy (non-hydrogen) atoms. The molecule has 1 unspecified atom stereocenters. The topological polar surface area (TPSA) is 28.5 Å². The van der Waals surface area contributed by atoms with Crippen LogP contribution < -0.4 is 5.01 Å². The van der Waals surface area contributed by atoms with Gasteiger partial charge in [0.1, 0.15) is 0 Å². The fourth-order valence-corrected chi connectivity index (χ4v) is 3.33. The van der Waals surface area contributed by atoms with Gasteiger partial charge in [0.15, 0.2) is 0 Å². The Balaban J connectivity index is 1.74. The SMILES string of the molecule is Cc1ccc(N2N=C(c3ccc(C)nc3)CC2c2ccc(Cl)cc2)cc1. The van der Waals surface area contributed by atoms with E-state index in [2.05, 4.69) is 59.4 Å². The third kappa shape index (κ3) is 3.35. The number of hydrazone groups is 1. The number of anilines is 1. The van der Waals surface area contributed by atoms with Crippen LogP contribution in [0.4, 0.5) is 5.69 Å². The zero-order chi connectivity index (χ0) is 18.1. The molecular formula is C22H20ClN3. The first-order valence-corrected chi connectivity index (χ1v) is 9.10. The molecule has 0 saturated carbocycles. The molecule has 0 saturated heterocycles. The average Bonchev–Trinajstić information content (AvgIpc) is 3.09. The largest absolute Gasteiger partial charge is 0.261 e. The van der Waals surface area contributed by atoms with Gasteiger partial charge in [-0.05, 0) is 55.8 Å². The van der Waals surface area contributed by atoms with Gasteiger partial charge in [-0.25, -0.2) is 0 Å². The zero-order valence-corrected chi connectivity index (χ0v) is 15.6. The van der Waals surface area contributed by atoms with Gasteiger partial charge < -0.3 is 0 Å². The number of hydrogen-bond acceptors (Lipinski definition) is 3. The van der Waals surface area contributed by atoms with Crippen molar-refractivity contribution in [3.8, 4) is 0 Å². The molecule has 0 bridgehead atoms. The van der Waals surface area contributed by atoms with Crippen molar-refractivity contribution in [3.63, 3.8) is 0 Å². The van der Waals surface area contributed by atoms with Gasteiger partial charge in [-0.15, -0.1) is 0 Å². The van der Waals surface area contributed by atoms with Gasteiger partial charge in [-0.3, -0.25) is 9.99 Å². The fraction of sp³-hybridized carbons (Fsp3) is 0.182. The molecule has 1 atom stereocenters. The van der Waals surface area contributed by atoms with Crippen LogP contribution in [0, 0.1) is 13.8 Å². The molecule has 0 fully saturated rings. The van der Waals surface area contributed by atoms with Crippen LogP contribution >= 0.6 is 11.6 Å². The smallest absolute Gasteiger partial charge is 0.0831 e. The van der Waals surface area contributed by atoms with Crippen LogP contribution in [-0.2, 0) is 0 Å². The maximum atomic E-state index is 6.08. The Morgan fingerprint density at radius 3 is 2.31 bits per heavy atom. The monoisotopic (exact) mass is 361 g/mol. The van der Waals surface area contributed by atoms with Crippen LogP contribution in [0.5, 0.6) is 0 Å². The van der Waals surface area contributed by atoms with Gasteiger partial charge in [0.25, 0.3) is 0 Å². The fourth-order valence-electron chi connectivity index (χ4n) is 3.20. The second kappa shape index (κ2) is 6.93. The summed E-state index contributed by atoms with van der Waals surface area (Å²) in [5.41, 5.74) is 6.67. The first-order valence-electron chi connectivity index (χ1n) is 8.72. The number of pyridine rings is 1. The molecule has 0 amide bonds. The average molecular weight is 362 g/mol. The minimum atomic E-state index is 0.145. The molecule has 1 aromatic heterocycles. The van der Waals surface area contributed by atoms with Crippen molar-refractivity contribution >= 4 is 23.0 Å². The summed E-state index contributed by atoms with van der Waals surface area (Å²) in [6, 6.07) is 20.8. The predicted molar refractivity (Wildman–Crippen MR) is 108 cm³/mol. The van der Waals surface area contributed by atoms with E-state index in [1.54, 1.807) is 0 Å². The number of hydrogen-bond donors (Lipinski definition) is 0. The lowest BCUT2D eigenvalue weighted by Crippen LogP contribution is -2.18. The maximum Gasteiger partial charge on any atom is 0.0831 e. The van der Waals surface area contributed by atoms with Crippen molar-refractivity contribution < 1.29 is 0 Å². The van der Waals surface area contributed by atoms with E-state index < -0.39 is 0 Å². The molecular weight excluding hydrogens is 342 g/mol. The minimum absolute atomic E-state index is 0.145. The van der Waals surface area contributed by atoms with Crippen molar-refractivity contribution in [2.75, 3.05) is 5.01 Å². The molecule has 130 valence electrons. The Bertz CT molecular complexity index is 929. The molecule has 3 nitrogen and oxygen atoms in total. The van der Waals surface area contributed by atoms with Gasteiger partial charge in [-0.2, -0.15) is 5.10 Å². The second-order valence-corrected chi connectivity index (χ2v) is 7.12. The normalized spacial score (nSPS) is 16.7. The standard InChI is InChI=1S/C22H20ClN3/c1-15-3-11-20(12-4-15)26-22(17-7-9-19(23)10-8-17)13-21(25-26)18-6-5-16(2)24-14-18/h3-12,14,22H,13H2,1-2H3. The minimum Gasteiger partial charge on any atom is -0.261 e. The van der Waals surface area contributed by atoms with Gasteiger partial charge in [0.05, 0.1) is 17.4 Å². The quantitative estimate of drug-likeness (QED) is 0.598. The number of rotatable bonds is 3. The third-order valence-electron chi connectivity index (χ3n) is 4.71. The van der Waals surface area contributed by atoms with E-state index >= 15 is 0 Å². The molecule has 4 heteroatoms. The van der Waals surface area contributed by atoms with Gasteiger partial charge in [0.2, 0.25) is 0 Å². The van der Waals surface area contributed by atoms with E-state index in [0.29, 0.717) is 0 Å².